The molecule has 1 saturated heterocycles. The number of hydrogen-bond acceptors (Lipinski definition) is 7. The average molecular weight is 439 g/mol. The van der Waals surface area contributed by atoms with Crippen LogP contribution in [-0.2, 0) is 9.59 Å². The standard InChI is InChI=1S/C22H25N5O5/c1-12-5-4-8-27(11-12)22-25-19-18(21(30)26-22)14(10-17(28)24-19)20(29)23-15-9-13(31-2)6-7-16(15)32-3/h6-7,9,12H,4-5,8,10-11H2,1-3H3,(H,23,29)(H,24,25,26,28,30). The first-order chi connectivity index (χ1) is 15.4. The van der Waals surface area contributed by atoms with Crippen molar-refractivity contribution in [3.63, 3.8) is 0 Å². The van der Waals surface area contributed by atoms with E-state index in [1.54, 1.807) is 18.2 Å². The van der Waals surface area contributed by atoms with Crippen LogP contribution in [0.5, 0.6) is 11.5 Å². The van der Waals surface area contributed by atoms with Crippen molar-refractivity contribution in [1.29, 1.82) is 0 Å². The third-order valence-electron chi connectivity index (χ3n) is 5.63. The van der Waals surface area contributed by atoms with E-state index in [2.05, 4.69) is 27.2 Å². The van der Waals surface area contributed by atoms with Crippen LogP contribution in [0.3, 0.4) is 0 Å². The predicted octanol–water partition coefficient (Wildman–Crippen LogP) is 0.363. The highest BCUT2D eigenvalue weighted by Crippen LogP contribution is 2.29. The Labute approximate surface area is 184 Å². The van der Waals surface area contributed by atoms with Gasteiger partial charge in [-0.05, 0) is 30.9 Å². The number of carbonyl (C=O) groups excluding carboxylic acids is 2. The van der Waals surface area contributed by atoms with Gasteiger partial charge in [0, 0.05) is 24.7 Å². The smallest absolute Gasteiger partial charge is 0.262 e. The van der Waals surface area contributed by atoms with Gasteiger partial charge in [-0.25, -0.2) is 0 Å². The van der Waals surface area contributed by atoms with E-state index in [0.29, 0.717) is 29.1 Å². The molecular weight excluding hydrogens is 414 g/mol. The van der Waals surface area contributed by atoms with E-state index in [1.165, 1.54) is 14.2 Å². The summed E-state index contributed by atoms with van der Waals surface area (Å²) in [6.45, 7) is 3.65. The van der Waals surface area contributed by atoms with Gasteiger partial charge in [0.05, 0.1) is 31.5 Å². The Morgan fingerprint density at radius 1 is 1.25 bits per heavy atom. The minimum absolute atomic E-state index is 0.0113. The Bertz CT molecular complexity index is 1250. The van der Waals surface area contributed by atoms with Crippen LogP contribution in [0.4, 0.5) is 11.6 Å². The van der Waals surface area contributed by atoms with Gasteiger partial charge in [0.2, 0.25) is 5.95 Å². The fourth-order valence-electron chi connectivity index (χ4n) is 4.03. The maximum absolute atomic E-state index is 13.1. The zero-order chi connectivity index (χ0) is 22.8. The molecule has 1 unspecified atom stereocenters. The van der Waals surface area contributed by atoms with Gasteiger partial charge in [-0.1, -0.05) is 6.92 Å². The molecular formula is C22H25N5O5. The van der Waals surface area contributed by atoms with Gasteiger partial charge in [0.1, 0.15) is 11.5 Å². The van der Waals surface area contributed by atoms with Gasteiger partial charge in [-0.15, -0.1) is 0 Å². The number of methoxy groups -OCH3 is 2. The van der Waals surface area contributed by atoms with Crippen molar-refractivity contribution in [2.24, 2.45) is 10.9 Å². The van der Waals surface area contributed by atoms with Crippen molar-refractivity contribution >= 4 is 29.0 Å². The van der Waals surface area contributed by atoms with Gasteiger partial charge in [0.15, 0.2) is 5.49 Å². The third kappa shape index (κ3) is 4.20. The number of benzene rings is 1. The van der Waals surface area contributed by atoms with E-state index in [4.69, 9.17) is 9.47 Å². The molecule has 2 amide bonds. The number of anilines is 2. The van der Waals surface area contributed by atoms with Crippen molar-refractivity contribution in [2.45, 2.75) is 26.2 Å². The second-order valence-electron chi connectivity index (χ2n) is 7.96. The number of hydrogen-bond donors (Lipinski definition) is 2. The van der Waals surface area contributed by atoms with Crippen LogP contribution in [0, 0.1) is 5.92 Å². The van der Waals surface area contributed by atoms with Crippen LogP contribution in [0.1, 0.15) is 26.2 Å². The first kappa shape index (κ1) is 21.5. The number of aromatic amines is 1. The van der Waals surface area contributed by atoms with Crippen molar-refractivity contribution in [3.8, 4) is 11.5 Å². The number of aromatic nitrogens is 2. The molecule has 0 aliphatic carbocycles. The predicted molar refractivity (Wildman–Crippen MR) is 117 cm³/mol. The summed E-state index contributed by atoms with van der Waals surface area (Å²) in [6.07, 6.45) is 1.80. The molecule has 168 valence electrons. The SMILES string of the molecule is COc1ccc(OC)c(NC(=O)C2=c3c(nc(N4CCCC(C)C4)[nH]c3=O)=NC(=O)C2)c1. The molecule has 0 radical (unpaired) electrons. The summed E-state index contributed by atoms with van der Waals surface area (Å²) in [5, 5.41) is 2.72. The van der Waals surface area contributed by atoms with Crippen LogP contribution in [0.15, 0.2) is 28.0 Å². The summed E-state index contributed by atoms with van der Waals surface area (Å²) in [6, 6.07) is 4.93. The Hall–Kier alpha value is -3.69. The Morgan fingerprint density at radius 2 is 2.06 bits per heavy atom. The lowest BCUT2D eigenvalue weighted by Gasteiger charge is -2.31. The second-order valence-corrected chi connectivity index (χ2v) is 7.96. The topological polar surface area (TPSA) is 126 Å². The Morgan fingerprint density at radius 3 is 2.78 bits per heavy atom. The minimum atomic E-state index is -0.604. The average Bonchev–Trinajstić information content (AvgIpc) is 2.78. The zero-order valence-electron chi connectivity index (χ0n) is 18.2. The van der Waals surface area contributed by atoms with Crippen molar-refractivity contribution in [3.05, 3.63) is 39.3 Å². The number of nitrogens with zero attached hydrogens (tertiary/aromatic N) is 3. The maximum atomic E-state index is 13.1. The van der Waals surface area contributed by atoms with Crippen LogP contribution in [0.25, 0.3) is 5.57 Å². The number of carbonyl (C=O) groups is 2. The molecule has 1 aromatic carbocycles. The van der Waals surface area contributed by atoms with Crippen molar-refractivity contribution in [2.75, 3.05) is 37.5 Å². The fourth-order valence-corrected chi connectivity index (χ4v) is 4.03. The summed E-state index contributed by atoms with van der Waals surface area (Å²) in [5.74, 6) is 0.626. The van der Waals surface area contributed by atoms with E-state index in [0.717, 1.165) is 25.9 Å². The summed E-state index contributed by atoms with van der Waals surface area (Å²) < 4.78 is 10.5. The number of amides is 2. The van der Waals surface area contributed by atoms with Crippen LogP contribution in [-0.4, -0.2) is 49.1 Å². The number of H-pyrrole nitrogens is 1. The highest BCUT2D eigenvalue weighted by Gasteiger charge is 2.25. The number of ether oxygens (including phenoxy) is 2. The molecule has 3 heterocycles. The lowest BCUT2D eigenvalue weighted by atomic mass is 10.0. The molecule has 10 heteroatoms. The minimum Gasteiger partial charge on any atom is -0.497 e. The molecule has 2 aliphatic heterocycles. The first-order valence-corrected chi connectivity index (χ1v) is 10.4. The van der Waals surface area contributed by atoms with Gasteiger partial charge < -0.3 is 19.7 Å². The monoisotopic (exact) mass is 439 g/mol. The fraction of sp³-hybridized carbons (Fsp3) is 0.409. The highest BCUT2D eigenvalue weighted by molar-refractivity contribution is 6.23. The van der Waals surface area contributed by atoms with Crippen LogP contribution in [0.2, 0.25) is 0 Å². The van der Waals surface area contributed by atoms with Crippen LogP contribution >= 0.6 is 0 Å². The number of rotatable bonds is 5. The largest absolute Gasteiger partial charge is 0.497 e. The summed E-state index contributed by atoms with van der Waals surface area (Å²) in [7, 11) is 2.98. The third-order valence-corrected chi connectivity index (χ3v) is 5.63. The Kier molecular flexibility index (Phi) is 5.93. The normalized spacial score (nSPS) is 18.0. The molecule has 2 N–H and O–H groups in total. The second kappa shape index (κ2) is 8.81. The highest BCUT2D eigenvalue weighted by atomic mass is 16.5. The molecule has 4 rings (SSSR count). The molecule has 1 fully saturated rings. The van der Waals surface area contributed by atoms with Crippen LogP contribution < -0.4 is 36.0 Å². The lowest BCUT2D eigenvalue weighted by molar-refractivity contribution is -0.118. The molecule has 10 nitrogen and oxygen atoms in total. The molecule has 1 aromatic heterocycles. The molecule has 32 heavy (non-hydrogen) atoms. The van der Waals surface area contributed by atoms with Crippen molar-refractivity contribution < 1.29 is 19.1 Å². The number of nitrogens with one attached hydrogen (secondary N) is 2. The number of fused-ring (bicyclic) bond motifs is 1. The first-order valence-electron chi connectivity index (χ1n) is 10.4. The van der Waals surface area contributed by atoms with E-state index < -0.39 is 17.4 Å². The summed E-state index contributed by atoms with van der Waals surface area (Å²) in [4.78, 5) is 51.5. The maximum Gasteiger partial charge on any atom is 0.262 e. The quantitative estimate of drug-likeness (QED) is 0.689. The van der Waals surface area contributed by atoms with E-state index >= 15 is 0 Å². The van der Waals surface area contributed by atoms with Crippen molar-refractivity contribution in [1.82, 2.24) is 9.97 Å². The molecule has 0 bridgehead atoms. The van der Waals surface area contributed by atoms with Gasteiger partial charge in [-0.2, -0.15) is 9.98 Å². The van der Waals surface area contributed by atoms with Gasteiger partial charge in [0.25, 0.3) is 17.4 Å². The van der Waals surface area contributed by atoms with E-state index in [-0.39, 0.29) is 22.7 Å². The Balaban J connectivity index is 1.76. The molecule has 2 aliphatic rings. The van der Waals surface area contributed by atoms with Gasteiger partial charge in [-0.3, -0.25) is 19.4 Å². The van der Waals surface area contributed by atoms with E-state index in [1.807, 2.05) is 4.90 Å². The molecule has 0 spiro atoms. The number of piperidine rings is 1. The molecule has 1 atom stereocenters. The molecule has 0 saturated carbocycles. The van der Waals surface area contributed by atoms with E-state index in [9.17, 15) is 14.4 Å². The van der Waals surface area contributed by atoms with Gasteiger partial charge >= 0.3 is 0 Å². The zero-order valence-corrected chi connectivity index (χ0v) is 18.2. The lowest BCUT2D eigenvalue weighted by Crippen LogP contribution is -2.51. The summed E-state index contributed by atoms with van der Waals surface area (Å²) in [5.41, 5.74) is -0.162. The summed E-state index contributed by atoms with van der Waals surface area (Å²) >= 11 is 0. The molecule has 2 aromatic rings.